The predicted octanol–water partition coefficient (Wildman–Crippen LogP) is 8.68. The molecule has 46 heavy (non-hydrogen) atoms. The lowest BCUT2D eigenvalue weighted by Crippen LogP contribution is -2.48. The second kappa shape index (κ2) is 14.3. The zero-order chi connectivity index (χ0) is 34.0. The number of carbonyl (C=O) groups is 2. The van der Waals surface area contributed by atoms with Crippen molar-refractivity contribution < 1.29 is 27.9 Å². The van der Waals surface area contributed by atoms with E-state index in [1.807, 2.05) is 55.7 Å². The third-order valence-corrected chi connectivity index (χ3v) is 10.8. The number of halogens is 4. The molecule has 0 bridgehead atoms. The summed E-state index contributed by atoms with van der Waals surface area (Å²) in [6.45, 7) is 12.5. The molecule has 0 aliphatic carbocycles. The van der Waals surface area contributed by atoms with Gasteiger partial charge in [-0.15, -0.1) is 11.6 Å². The van der Waals surface area contributed by atoms with Gasteiger partial charge in [-0.25, -0.2) is 18.0 Å². The molecule has 2 aromatic carbocycles. The molecular formula is C35H45ClF3N3O3Si. The Hall–Kier alpha value is -3.24. The van der Waals surface area contributed by atoms with Gasteiger partial charge in [-0.05, 0) is 41.7 Å². The summed E-state index contributed by atoms with van der Waals surface area (Å²) in [4.78, 5) is 28.8. The van der Waals surface area contributed by atoms with E-state index in [1.165, 1.54) is 4.90 Å². The molecule has 1 N–H and O–H groups in total. The van der Waals surface area contributed by atoms with Crippen LogP contribution in [0.1, 0.15) is 44.5 Å². The van der Waals surface area contributed by atoms with Gasteiger partial charge in [0.15, 0.2) is 0 Å². The number of amides is 2. The Morgan fingerprint density at radius 3 is 2.35 bits per heavy atom. The molecule has 0 saturated carbocycles. The van der Waals surface area contributed by atoms with Gasteiger partial charge in [-0.3, -0.25) is 4.79 Å². The van der Waals surface area contributed by atoms with E-state index in [0.29, 0.717) is 24.2 Å². The smallest absolute Gasteiger partial charge is 0.407 e. The van der Waals surface area contributed by atoms with Crippen LogP contribution in [-0.4, -0.2) is 70.7 Å². The fourth-order valence-electron chi connectivity index (χ4n) is 6.60. The van der Waals surface area contributed by atoms with Crippen molar-refractivity contribution in [1.82, 2.24) is 14.4 Å². The number of benzene rings is 2. The molecule has 2 amide bonds. The lowest BCUT2D eigenvalue weighted by molar-refractivity contribution is -0.135. The van der Waals surface area contributed by atoms with Crippen LogP contribution in [0.5, 0.6) is 0 Å². The first kappa shape index (κ1) is 35.6. The van der Waals surface area contributed by atoms with Crippen molar-refractivity contribution in [3.63, 3.8) is 0 Å². The molecule has 250 valence electrons. The molecular weight excluding hydrogens is 631 g/mol. The molecule has 1 aromatic heterocycles. The van der Waals surface area contributed by atoms with Crippen molar-refractivity contribution in [2.45, 2.75) is 77.7 Å². The van der Waals surface area contributed by atoms with Crippen LogP contribution in [0.4, 0.5) is 18.0 Å². The van der Waals surface area contributed by atoms with Crippen molar-refractivity contribution in [2.24, 2.45) is 11.3 Å². The molecule has 0 radical (unpaired) electrons. The topological polar surface area (TPSA) is 65.8 Å². The van der Waals surface area contributed by atoms with Crippen molar-refractivity contribution in [1.29, 1.82) is 0 Å². The van der Waals surface area contributed by atoms with E-state index in [0.717, 1.165) is 29.8 Å². The Bertz CT molecular complexity index is 1520. The number of aromatic nitrogens is 1. The highest BCUT2D eigenvalue weighted by Gasteiger charge is 2.48. The van der Waals surface area contributed by atoms with Crippen molar-refractivity contribution in [3.05, 3.63) is 83.7 Å². The van der Waals surface area contributed by atoms with Crippen molar-refractivity contribution in [2.75, 3.05) is 19.0 Å². The minimum absolute atomic E-state index is 0.0466. The summed E-state index contributed by atoms with van der Waals surface area (Å²) in [6, 6.07) is 14.2. The molecule has 6 nitrogen and oxygen atoms in total. The van der Waals surface area contributed by atoms with Crippen LogP contribution in [0.25, 0.3) is 11.1 Å². The van der Waals surface area contributed by atoms with E-state index >= 15 is 8.78 Å². The highest BCUT2D eigenvalue weighted by molar-refractivity contribution is 6.76. The van der Waals surface area contributed by atoms with E-state index in [4.69, 9.17) is 11.6 Å². The number of carboxylic acid groups (broad SMARTS) is 1. The van der Waals surface area contributed by atoms with Crippen LogP contribution in [-0.2, 0) is 11.3 Å². The first-order valence-corrected chi connectivity index (χ1v) is 19.9. The highest BCUT2D eigenvalue weighted by Crippen LogP contribution is 2.43. The summed E-state index contributed by atoms with van der Waals surface area (Å²) in [6.07, 6.45) is -0.392. The van der Waals surface area contributed by atoms with Gasteiger partial charge in [0.1, 0.15) is 23.7 Å². The largest absolute Gasteiger partial charge is 0.465 e. The van der Waals surface area contributed by atoms with Crippen LogP contribution in [0.2, 0.25) is 25.7 Å². The van der Waals surface area contributed by atoms with Crippen LogP contribution in [0.3, 0.4) is 0 Å². The van der Waals surface area contributed by atoms with Crippen LogP contribution in [0, 0.1) is 23.0 Å². The minimum atomic E-state index is -1.60. The molecule has 1 saturated heterocycles. The SMILES string of the molecule is CC(C)(C)[C@H](c1cc(-c2cc(F)ccc2F)cn1Cc1ccccc1)N(C[C@@H]1C(CC[Si](C)(C)C)N(C(=O)O)C[C@@H]1F)C(=O)CCl. The van der Waals surface area contributed by atoms with Crippen LogP contribution >= 0.6 is 11.6 Å². The van der Waals surface area contributed by atoms with Gasteiger partial charge >= 0.3 is 6.09 Å². The molecule has 4 rings (SSSR count). The van der Waals surface area contributed by atoms with E-state index < -0.39 is 61.3 Å². The Balaban J connectivity index is 1.85. The van der Waals surface area contributed by atoms with E-state index in [-0.39, 0.29) is 24.5 Å². The summed E-state index contributed by atoms with van der Waals surface area (Å²) in [5, 5.41) is 9.99. The van der Waals surface area contributed by atoms with Crippen LogP contribution < -0.4 is 0 Å². The van der Waals surface area contributed by atoms with Crippen molar-refractivity contribution >= 4 is 31.7 Å². The monoisotopic (exact) mass is 675 g/mol. The molecule has 4 atom stereocenters. The van der Waals surface area contributed by atoms with Gasteiger partial charge in [0.25, 0.3) is 0 Å². The Morgan fingerprint density at radius 1 is 1.09 bits per heavy atom. The van der Waals surface area contributed by atoms with Gasteiger partial charge in [-0.1, -0.05) is 76.8 Å². The summed E-state index contributed by atoms with van der Waals surface area (Å²) < 4.78 is 47.2. The number of carbonyl (C=O) groups excluding carboxylic acids is 1. The molecule has 1 aliphatic heterocycles. The summed E-state index contributed by atoms with van der Waals surface area (Å²) in [7, 11) is -1.60. The summed E-state index contributed by atoms with van der Waals surface area (Å²) >= 11 is 6.21. The number of rotatable bonds is 11. The maximum absolute atomic E-state index is 15.9. The Kier molecular flexibility index (Phi) is 11.0. The number of likely N-dealkylation sites (tertiary alicyclic amines) is 1. The van der Waals surface area contributed by atoms with E-state index in [1.54, 1.807) is 17.2 Å². The van der Waals surface area contributed by atoms with Gasteiger partial charge in [-0.2, -0.15) is 0 Å². The fraction of sp³-hybridized carbons (Fsp3) is 0.486. The molecule has 11 heteroatoms. The molecule has 2 heterocycles. The lowest BCUT2D eigenvalue weighted by atomic mass is 9.82. The van der Waals surface area contributed by atoms with E-state index in [9.17, 15) is 19.1 Å². The van der Waals surface area contributed by atoms with Crippen molar-refractivity contribution in [3.8, 4) is 11.1 Å². The molecule has 0 spiro atoms. The minimum Gasteiger partial charge on any atom is -0.465 e. The second-order valence-electron chi connectivity index (χ2n) is 14.6. The quantitative estimate of drug-likeness (QED) is 0.163. The van der Waals surface area contributed by atoms with Gasteiger partial charge in [0, 0.05) is 56.1 Å². The molecule has 3 aromatic rings. The van der Waals surface area contributed by atoms with Gasteiger partial charge in [0.05, 0.1) is 12.6 Å². The molecule has 1 fully saturated rings. The fourth-order valence-corrected chi connectivity index (χ4v) is 7.92. The standard InChI is InChI=1S/C35H45ClF3N3O3Si/c1-35(2,3)33(42(32(43)18-36)21-27-29(39)22-41(34(44)45)30(27)14-15-46(4,5)6)31-16-24(26-17-25(37)12-13-28(26)38)20-40(31)19-23-10-8-7-9-11-23/h7-13,16-17,20,27,29-30,33H,14-15,18-19,21-22H2,1-6H3,(H,44,45)/t27-,29-,30?,33-/m0/s1. The number of nitrogens with zero attached hydrogens (tertiary/aromatic N) is 3. The first-order valence-electron chi connectivity index (χ1n) is 15.7. The third-order valence-electron chi connectivity index (χ3n) is 8.79. The number of hydrogen-bond donors (Lipinski definition) is 1. The Labute approximate surface area is 276 Å². The van der Waals surface area contributed by atoms with Gasteiger partial charge in [0.2, 0.25) is 5.91 Å². The van der Waals surface area contributed by atoms with Crippen LogP contribution in [0.15, 0.2) is 60.8 Å². The molecule has 1 aliphatic rings. The lowest BCUT2D eigenvalue weighted by Gasteiger charge is -2.43. The third kappa shape index (κ3) is 8.36. The van der Waals surface area contributed by atoms with Gasteiger partial charge < -0.3 is 19.5 Å². The predicted molar refractivity (Wildman–Crippen MR) is 180 cm³/mol. The normalized spacial score (nSPS) is 19.3. The second-order valence-corrected chi connectivity index (χ2v) is 20.5. The number of hydrogen-bond acceptors (Lipinski definition) is 2. The highest BCUT2D eigenvalue weighted by atomic mass is 35.5. The van der Waals surface area contributed by atoms with E-state index in [2.05, 4.69) is 19.6 Å². The Morgan fingerprint density at radius 2 is 1.76 bits per heavy atom. The summed E-state index contributed by atoms with van der Waals surface area (Å²) in [5.74, 6) is -2.71. The summed E-state index contributed by atoms with van der Waals surface area (Å²) in [5.41, 5.74) is 1.49. The maximum Gasteiger partial charge on any atom is 0.407 e. The first-order chi connectivity index (χ1) is 21.5. The zero-order valence-corrected chi connectivity index (χ0v) is 29.2. The maximum atomic E-state index is 15.9. The average Bonchev–Trinajstić information content (AvgIpc) is 3.52. The number of alkyl halides is 2. The molecule has 1 unspecified atom stereocenters. The average molecular weight is 676 g/mol. The zero-order valence-electron chi connectivity index (χ0n) is 27.4.